The highest BCUT2D eigenvalue weighted by molar-refractivity contribution is 6.08. The van der Waals surface area contributed by atoms with Crippen molar-refractivity contribution in [1.29, 1.82) is 0 Å². The van der Waals surface area contributed by atoms with Gasteiger partial charge in [-0.3, -0.25) is 4.79 Å². The fourth-order valence-electron chi connectivity index (χ4n) is 2.13. The zero-order valence-corrected chi connectivity index (χ0v) is 8.42. The first kappa shape index (κ1) is 9.68. The minimum Gasteiger partial charge on any atom is -0.379 e. The highest BCUT2D eigenvalue weighted by atomic mass is 16.3. The highest BCUT2D eigenvalue weighted by Crippen LogP contribution is 2.30. The van der Waals surface area contributed by atoms with Gasteiger partial charge in [0.25, 0.3) is 0 Å². The Kier molecular flexibility index (Phi) is 2.56. The number of hydrogen-bond donors (Lipinski definition) is 2. The topological polar surface area (TPSA) is 52.6 Å². The molecule has 1 aliphatic heterocycles. The first-order valence-electron chi connectivity index (χ1n) is 5.16. The average Bonchev–Trinajstić information content (AvgIpc) is 2.25. The third-order valence-corrected chi connectivity index (χ3v) is 2.93. The minimum atomic E-state index is -0.844. The number of nitrogens with one attached hydrogen (secondary N) is 1. The van der Waals surface area contributed by atoms with E-state index in [2.05, 4.69) is 10.2 Å². The van der Waals surface area contributed by atoms with Crippen LogP contribution in [0.15, 0.2) is 11.3 Å². The largest absolute Gasteiger partial charge is 0.379 e. The molecular weight excluding hydrogens is 180 g/mol. The molecule has 1 unspecified atom stereocenters. The number of aliphatic hydroxyl groups is 1. The number of aliphatic hydroxyl groups excluding tert-OH is 1. The molecule has 0 amide bonds. The summed E-state index contributed by atoms with van der Waals surface area (Å²) in [6, 6.07) is 0. The fraction of sp³-hybridized carbons (Fsp3) is 0.700. The molecule has 2 aliphatic rings. The summed E-state index contributed by atoms with van der Waals surface area (Å²) in [5, 5.41) is 12.8. The van der Waals surface area contributed by atoms with Crippen LogP contribution in [0.5, 0.6) is 0 Å². The highest BCUT2D eigenvalue weighted by Gasteiger charge is 2.39. The van der Waals surface area contributed by atoms with Crippen molar-refractivity contribution in [3.05, 3.63) is 11.3 Å². The first-order chi connectivity index (χ1) is 6.75. The molecular formula is C10H16N2O2. The number of nitrogens with zero attached hydrogens (tertiary/aromatic N) is 1. The van der Waals surface area contributed by atoms with E-state index < -0.39 is 6.10 Å². The Hall–Kier alpha value is -0.870. The Morgan fingerprint density at radius 2 is 2.14 bits per heavy atom. The Bertz CT molecular complexity index is 280. The molecule has 0 aromatic heterocycles. The van der Waals surface area contributed by atoms with Crippen LogP contribution >= 0.6 is 0 Å². The second-order valence-corrected chi connectivity index (χ2v) is 3.72. The van der Waals surface area contributed by atoms with Crippen molar-refractivity contribution in [1.82, 2.24) is 10.2 Å². The standard InChI is InChI=1S/C10H16N2O2/c1-2-7-8(10(14)9(7)13)12-5-3-11-4-6-12/h10-11,14H,2-6H2,1H3. The van der Waals surface area contributed by atoms with E-state index in [0.717, 1.165) is 43.9 Å². The maximum Gasteiger partial charge on any atom is 0.195 e. The summed E-state index contributed by atoms with van der Waals surface area (Å²) in [6.07, 6.45) is -0.113. The molecule has 0 saturated carbocycles. The molecule has 1 fully saturated rings. The van der Waals surface area contributed by atoms with Crippen LogP contribution in [0.2, 0.25) is 0 Å². The minimum absolute atomic E-state index is 0.0824. The number of Topliss-reactive ketones (excluding diaryl/α,β-unsaturated/α-hetero) is 1. The van der Waals surface area contributed by atoms with E-state index in [9.17, 15) is 9.90 Å². The lowest BCUT2D eigenvalue weighted by atomic mass is 9.86. The van der Waals surface area contributed by atoms with Crippen LogP contribution in [0, 0.1) is 0 Å². The molecule has 0 aromatic carbocycles. The van der Waals surface area contributed by atoms with Gasteiger partial charge in [-0.15, -0.1) is 0 Å². The summed E-state index contributed by atoms with van der Waals surface area (Å²) in [6.45, 7) is 5.61. The smallest absolute Gasteiger partial charge is 0.195 e. The number of ketones is 1. The summed E-state index contributed by atoms with van der Waals surface area (Å²) in [5.74, 6) is -0.0824. The third kappa shape index (κ3) is 1.35. The number of piperazine rings is 1. The maximum atomic E-state index is 11.3. The van der Waals surface area contributed by atoms with E-state index in [1.54, 1.807) is 0 Å². The molecule has 1 atom stereocenters. The van der Waals surface area contributed by atoms with Gasteiger partial charge in [0.05, 0.1) is 5.70 Å². The number of carbonyl (C=O) groups is 1. The van der Waals surface area contributed by atoms with Crippen molar-refractivity contribution in [2.24, 2.45) is 0 Å². The molecule has 78 valence electrons. The number of carbonyl (C=O) groups excluding carboxylic acids is 1. The summed E-state index contributed by atoms with van der Waals surface area (Å²) in [7, 11) is 0. The van der Waals surface area contributed by atoms with Gasteiger partial charge in [0.2, 0.25) is 0 Å². The SMILES string of the molecule is CCC1=C(N2CCNCC2)C(O)C1=O. The van der Waals surface area contributed by atoms with Crippen molar-refractivity contribution in [3.8, 4) is 0 Å². The van der Waals surface area contributed by atoms with Gasteiger partial charge in [-0.05, 0) is 6.42 Å². The Labute approximate surface area is 83.6 Å². The van der Waals surface area contributed by atoms with Crippen LogP contribution in [0.1, 0.15) is 13.3 Å². The van der Waals surface area contributed by atoms with Gasteiger partial charge in [-0.1, -0.05) is 6.92 Å². The van der Waals surface area contributed by atoms with Gasteiger partial charge < -0.3 is 15.3 Å². The Morgan fingerprint density at radius 1 is 1.50 bits per heavy atom. The predicted octanol–water partition coefficient (Wildman–Crippen LogP) is -0.501. The Balaban J connectivity index is 2.15. The quantitative estimate of drug-likeness (QED) is 0.625. The van der Waals surface area contributed by atoms with Crippen molar-refractivity contribution < 1.29 is 9.90 Å². The van der Waals surface area contributed by atoms with Crippen LogP contribution in [-0.4, -0.2) is 48.1 Å². The molecule has 0 aromatic rings. The predicted molar refractivity (Wildman–Crippen MR) is 52.8 cm³/mol. The zero-order valence-electron chi connectivity index (χ0n) is 8.42. The van der Waals surface area contributed by atoms with E-state index >= 15 is 0 Å². The van der Waals surface area contributed by atoms with Crippen LogP contribution < -0.4 is 5.32 Å². The Morgan fingerprint density at radius 3 is 2.71 bits per heavy atom. The van der Waals surface area contributed by atoms with Crippen LogP contribution in [0.3, 0.4) is 0 Å². The molecule has 1 heterocycles. The van der Waals surface area contributed by atoms with E-state index in [-0.39, 0.29) is 5.78 Å². The van der Waals surface area contributed by atoms with Crippen LogP contribution in [0.4, 0.5) is 0 Å². The summed E-state index contributed by atoms with van der Waals surface area (Å²) in [5.41, 5.74) is 1.69. The van der Waals surface area contributed by atoms with Crippen LogP contribution in [0.25, 0.3) is 0 Å². The lowest BCUT2D eigenvalue weighted by Gasteiger charge is -2.39. The summed E-state index contributed by atoms with van der Waals surface area (Å²) in [4.78, 5) is 13.4. The van der Waals surface area contributed by atoms with Crippen molar-refractivity contribution in [2.45, 2.75) is 19.4 Å². The lowest BCUT2D eigenvalue weighted by Crippen LogP contribution is -2.51. The second-order valence-electron chi connectivity index (χ2n) is 3.72. The molecule has 0 bridgehead atoms. The molecule has 4 heteroatoms. The van der Waals surface area contributed by atoms with Gasteiger partial charge in [0.15, 0.2) is 11.9 Å². The van der Waals surface area contributed by atoms with Gasteiger partial charge in [0, 0.05) is 31.8 Å². The van der Waals surface area contributed by atoms with Crippen molar-refractivity contribution >= 4 is 5.78 Å². The van der Waals surface area contributed by atoms with Gasteiger partial charge >= 0.3 is 0 Å². The number of hydrogen-bond acceptors (Lipinski definition) is 4. The molecule has 4 nitrogen and oxygen atoms in total. The van der Waals surface area contributed by atoms with Gasteiger partial charge in [0.1, 0.15) is 0 Å². The molecule has 2 N–H and O–H groups in total. The van der Waals surface area contributed by atoms with Crippen LogP contribution in [-0.2, 0) is 4.79 Å². The average molecular weight is 196 g/mol. The van der Waals surface area contributed by atoms with E-state index in [0.29, 0.717) is 0 Å². The zero-order chi connectivity index (χ0) is 10.1. The molecule has 1 saturated heterocycles. The molecule has 14 heavy (non-hydrogen) atoms. The van der Waals surface area contributed by atoms with Gasteiger partial charge in [-0.2, -0.15) is 0 Å². The van der Waals surface area contributed by atoms with E-state index in [1.807, 2.05) is 6.92 Å². The number of rotatable bonds is 2. The van der Waals surface area contributed by atoms with Crippen molar-refractivity contribution in [3.63, 3.8) is 0 Å². The molecule has 0 radical (unpaired) electrons. The molecule has 0 spiro atoms. The maximum absolute atomic E-state index is 11.3. The fourth-order valence-corrected chi connectivity index (χ4v) is 2.13. The normalized spacial score (nSPS) is 28.0. The lowest BCUT2D eigenvalue weighted by molar-refractivity contribution is -0.126. The summed E-state index contributed by atoms with van der Waals surface area (Å²) < 4.78 is 0. The second kappa shape index (κ2) is 3.71. The monoisotopic (exact) mass is 196 g/mol. The van der Waals surface area contributed by atoms with E-state index in [1.165, 1.54) is 0 Å². The summed E-state index contributed by atoms with van der Waals surface area (Å²) >= 11 is 0. The third-order valence-electron chi connectivity index (χ3n) is 2.93. The first-order valence-corrected chi connectivity index (χ1v) is 5.16. The van der Waals surface area contributed by atoms with Gasteiger partial charge in [-0.25, -0.2) is 0 Å². The molecule has 2 rings (SSSR count). The molecule has 1 aliphatic carbocycles. The van der Waals surface area contributed by atoms with E-state index in [4.69, 9.17) is 0 Å². The van der Waals surface area contributed by atoms with Crippen molar-refractivity contribution in [2.75, 3.05) is 26.2 Å².